The van der Waals surface area contributed by atoms with Crippen molar-refractivity contribution >= 4 is 49.9 Å². The second-order valence-corrected chi connectivity index (χ2v) is 5.45. The summed E-state index contributed by atoms with van der Waals surface area (Å²) >= 11 is 7.94. The van der Waals surface area contributed by atoms with Crippen LogP contribution in [-0.4, -0.2) is 15.2 Å². The van der Waals surface area contributed by atoms with Crippen LogP contribution in [0.25, 0.3) is 10.9 Å². The first-order chi connectivity index (χ1) is 10.6. The van der Waals surface area contributed by atoms with Gasteiger partial charge in [-0.25, -0.2) is 0 Å². The largest absolute Gasteiger partial charge is 0.493 e. The van der Waals surface area contributed by atoms with Crippen molar-refractivity contribution < 1.29 is 5.11 Å². The van der Waals surface area contributed by atoms with E-state index < -0.39 is 0 Å². The van der Waals surface area contributed by atoms with Gasteiger partial charge in [0.1, 0.15) is 0 Å². The highest BCUT2D eigenvalue weighted by atomic mass is 79.9. The number of nitrogens with two attached hydrogens (primary N) is 1. The zero-order valence-electron chi connectivity index (χ0n) is 11.4. The van der Waals surface area contributed by atoms with E-state index in [-0.39, 0.29) is 11.0 Å². The summed E-state index contributed by atoms with van der Waals surface area (Å²) in [5.41, 5.74) is 6.27. The number of aromatic hydroxyl groups is 1. The maximum Gasteiger partial charge on any atom is 0.218 e. The molecule has 5 nitrogen and oxygen atoms in total. The minimum absolute atomic E-state index is 0.0677. The molecule has 112 valence electrons. The zero-order chi connectivity index (χ0) is 15.9. The fourth-order valence-electron chi connectivity index (χ4n) is 1.74. The van der Waals surface area contributed by atoms with E-state index in [4.69, 9.17) is 5.73 Å². The number of nitrogens with zero attached hydrogens (tertiary/aromatic N) is 2. The van der Waals surface area contributed by atoms with Gasteiger partial charge in [-0.05, 0) is 34.2 Å². The van der Waals surface area contributed by atoms with Crippen LogP contribution in [0.2, 0.25) is 0 Å². The number of azo groups is 1. The monoisotopic (exact) mass is 376 g/mol. The van der Waals surface area contributed by atoms with Gasteiger partial charge in [-0.3, -0.25) is 0 Å². The summed E-state index contributed by atoms with van der Waals surface area (Å²) in [5.74, 6) is -0.0677. The van der Waals surface area contributed by atoms with E-state index in [2.05, 4.69) is 43.4 Å². The Labute approximate surface area is 141 Å². The number of nitrogens with one attached hydrogen (secondary N) is 1. The Kier molecular flexibility index (Phi) is 5.62. The molecule has 2 aromatic carbocycles. The van der Waals surface area contributed by atoms with Gasteiger partial charge in [0, 0.05) is 9.86 Å². The van der Waals surface area contributed by atoms with Crippen LogP contribution in [0, 0.1) is 0 Å². The molecule has 1 heterocycles. The Hall–Kier alpha value is -2.25. The Morgan fingerprint density at radius 2 is 1.68 bits per heavy atom. The summed E-state index contributed by atoms with van der Waals surface area (Å²) in [5, 5.41) is 17.7. The van der Waals surface area contributed by atoms with E-state index in [0.29, 0.717) is 5.69 Å². The van der Waals surface area contributed by atoms with E-state index in [1.165, 1.54) is 0 Å². The van der Waals surface area contributed by atoms with Gasteiger partial charge in [0.25, 0.3) is 0 Å². The van der Waals surface area contributed by atoms with Gasteiger partial charge in [-0.2, -0.15) is 0 Å². The number of benzene rings is 2. The van der Waals surface area contributed by atoms with Crippen LogP contribution in [0.3, 0.4) is 0 Å². The first-order valence-electron chi connectivity index (χ1n) is 6.30. The molecule has 0 fully saturated rings. The third kappa shape index (κ3) is 4.12. The van der Waals surface area contributed by atoms with Crippen LogP contribution in [-0.2, 0) is 0 Å². The SMILES string of the molecule is NC(=S)N=Nc1c(O)[nH]c2c(Br)cccc12.c1ccccc1. The number of aromatic amines is 1. The maximum atomic E-state index is 9.66. The summed E-state index contributed by atoms with van der Waals surface area (Å²) in [6, 6.07) is 17.5. The number of fused-ring (bicyclic) bond motifs is 1. The van der Waals surface area contributed by atoms with Crippen LogP contribution < -0.4 is 5.73 Å². The van der Waals surface area contributed by atoms with Gasteiger partial charge in [-0.1, -0.05) is 48.5 Å². The van der Waals surface area contributed by atoms with Crippen molar-refractivity contribution in [1.29, 1.82) is 0 Å². The quantitative estimate of drug-likeness (QED) is 0.426. The summed E-state index contributed by atoms with van der Waals surface area (Å²) in [4.78, 5) is 2.79. The minimum atomic E-state index is -0.0799. The van der Waals surface area contributed by atoms with E-state index in [1.54, 1.807) is 0 Å². The van der Waals surface area contributed by atoms with Gasteiger partial charge >= 0.3 is 0 Å². The minimum Gasteiger partial charge on any atom is -0.493 e. The number of H-pyrrole nitrogens is 1. The standard InChI is InChI=1S/C9H7BrN4OS.C6H6/c10-5-3-1-2-4-6(5)12-8(15)7(4)13-14-9(11)16;1-2-4-6-5-3-1/h1-3,12,15H,(H2,11,16);1-6H. The fraction of sp³-hybridized carbons (Fsp3) is 0. The maximum absolute atomic E-state index is 9.66. The number of rotatable bonds is 1. The van der Waals surface area contributed by atoms with Gasteiger partial charge in [0.2, 0.25) is 11.0 Å². The van der Waals surface area contributed by atoms with Gasteiger partial charge in [-0.15, -0.1) is 10.2 Å². The Balaban J connectivity index is 0.000000246. The lowest BCUT2D eigenvalue weighted by atomic mass is 10.2. The first-order valence-corrected chi connectivity index (χ1v) is 7.50. The Morgan fingerprint density at radius 1 is 1.09 bits per heavy atom. The predicted molar refractivity (Wildman–Crippen MR) is 95.4 cm³/mol. The molecule has 3 aromatic rings. The third-order valence-corrected chi connectivity index (χ3v) is 3.39. The lowest BCUT2D eigenvalue weighted by Gasteiger charge is -1.92. The van der Waals surface area contributed by atoms with Crippen LogP contribution in [0.15, 0.2) is 69.3 Å². The van der Waals surface area contributed by atoms with Gasteiger partial charge in [0.05, 0.1) is 5.52 Å². The Morgan fingerprint density at radius 3 is 2.23 bits per heavy atom. The summed E-state index contributed by atoms with van der Waals surface area (Å²) in [6.45, 7) is 0. The van der Waals surface area contributed by atoms with Gasteiger partial charge in [0.15, 0.2) is 5.69 Å². The van der Waals surface area contributed by atoms with Crippen LogP contribution in [0.1, 0.15) is 0 Å². The molecule has 22 heavy (non-hydrogen) atoms. The molecule has 0 unspecified atom stereocenters. The molecule has 0 aliphatic rings. The summed E-state index contributed by atoms with van der Waals surface area (Å²) in [6.07, 6.45) is 0. The molecular formula is C15H13BrN4OS. The number of aromatic nitrogens is 1. The van der Waals surface area contributed by atoms with E-state index in [1.807, 2.05) is 54.6 Å². The Bertz CT molecular complexity index is 775. The first kappa shape index (κ1) is 16.1. The molecule has 3 rings (SSSR count). The molecule has 0 amide bonds. The van der Waals surface area contributed by atoms with Crippen molar-refractivity contribution in [3.63, 3.8) is 0 Å². The number of hydrogen-bond donors (Lipinski definition) is 3. The third-order valence-electron chi connectivity index (χ3n) is 2.65. The lowest BCUT2D eigenvalue weighted by Crippen LogP contribution is -2.01. The number of hydrogen-bond acceptors (Lipinski definition) is 3. The average molecular weight is 377 g/mol. The highest BCUT2D eigenvalue weighted by Crippen LogP contribution is 2.38. The van der Waals surface area contributed by atoms with Crippen LogP contribution in [0.4, 0.5) is 5.69 Å². The normalized spacial score (nSPS) is 10.4. The van der Waals surface area contributed by atoms with Crippen LogP contribution in [0.5, 0.6) is 5.88 Å². The van der Waals surface area contributed by atoms with Crippen molar-refractivity contribution in [1.82, 2.24) is 4.98 Å². The highest BCUT2D eigenvalue weighted by Gasteiger charge is 2.11. The molecule has 0 aliphatic heterocycles. The smallest absolute Gasteiger partial charge is 0.218 e. The lowest BCUT2D eigenvalue weighted by molar-refractivity contribution is 0.459. The molecule has 0 spiro atoms. The van der Waals surface area contributed by atoms with Gasteiger partial charge < -0.3 is 15.8 Å². The number of thiocarbonyl (C=S) groups is 1. The molecule has 7 heteroatoms. The van der Waals surface area contributed by atoms with E-state index in [0.717, 1.165) is 15.4 Å². The molecule has 0 saturated heterocycles. The second kappa shape index (κ2) is 7.67. The van der Waals surface area contributed by atoms with E-state index >= 15 is 0 Å². The molecule has 0 bridgehead atoms. The molecular weight excluding hydrogens is 364 g/mol. The van der Waals surface area contributed by atoms with Crippen molar-refractivity contribution in [2.45, 2.75) is 0 Å². The van der Waals surface area contributed by atoms with Crippen molar-refractivity contribution in [2.75, 3.05) is 0 Å². The molecule has 0 aliphatic carbocycles. The molecule has 1 aromatic heterocycles. The molecule has 0 atom stereocenters. The molecule has 0 radical (unpaired) electrons. The topological polar surface area (TPSA) is 86.8 Å². The molecule has 4 N–H and O–H groups in total. The predicted octanol–water partition coefficient (Wildman–Crippen LogP) is 4.65. The zero-order valence-corrected chi connectivity index (χ0v) is 13.8. The van der Waals surface area contributed by atoms with Crippen molar-refractivity contribution in [2.24, 2.45) is 16.0 Å². The van der Waals surface area contributed by atoms with Crippen LogP contribution >= 0.6 is 28.1 Å². The second-order valence-electron chi connectivity index (χ2n) is 4.18. The fourth-order valence-corrected chi connectivity index (χ4v) is 2.25. The van der Waals surface area contributed by atoms with Crippen molar-refractivity contribution in [3.8, 4) is 5.88 Å². The average Bonchev–Trinajstić information content (AvgIpc) is 2.85. The number of halogens is 1. The summed E-state index contributed by atoms with van der Waals surface area (Å²) < 4.78 is 0.831. The highest BCUT2D eigenvalue weighted by molar-refractivity contribution is 9.10. The number of para-hydroxylation sites is 1. The van der Waals surface area contributed by atoms with Crippen molar-refractivity contribution in [3.05, 3.63) is 59.1 Å². The summed E-state index contributed by atoms with van der Waals surface area (Å²) in [7, 11) is 0. The van der Waals surface area contributed by atoms with E-state index in [9.17, 15) is 5.11 Å². The molecule has 0 saturated carbocycles.